The van der Waals surface area contributed by atoms with E-state index in [1.54, 1.807) is 0 Å². The highest BCUT2D eigenvalue weighted by molar-refractivity contribution is 5.95. The SMILES string of the molecule is C[n+]1ccc2c(-c3ccccc3)cccc2c1. The molecule has 0 atom stereocenters. The predicted octanol–water partition coefficient (Wildman–Crippen LogP) is 3.33. The number of benzene rings is 2. The second-order valence-electron chi connectivity index (χ2n) is 4.28. The molecule has 1 heteroatoms. The molecule has 82 valence electrons. The first-order chi connectivity index (χ1) is 8.34. The van der Waals surface area contributed by atoms with Crippen LogP contribution in [0.25, 0.3) is 21.9 Å². The molecule has 0 bridgehead atoms. The molecule has 3 aromatic rings. The third-order valence-electron chi connectivity index (χ3n) is 3.04. The van der Waals surface area contributed by atoms with Crippen molar-refractivity contribution in [2.45, 2.75) is 0 Å². The monoisotopic (exact) mass is 220 g/mol. The molecule has 1 nitrogen and oxygen atoms in total. The molecule has 0 aliphatic carbocycles. The Bertz CT molecular complexity index is 657. The van der Waals surface area contributed by atoms with Gasteiger partial charge in [-0.25, -0.2) is 4.57 Å². The molecule has 0 N–H and O–H groups in total. The maximum Gasteiger partial charge on any atom is 0.176 e. The van der Waals surface area contributed by atoms with Crippen LogP contribution in [0.4, 0.5) is 0 Å². The summed E-state index contributed by atoms with van der Waals surface area (Å²) < 4.78 is 2.08. The molecule has 0 radical (unpaired) electrons. The summed E-state index contributed by atoms with van der Waals surface area (Å²) >= 11 is 0. The van der Waals surface area contributed by atoms with Crippen LogP contribution < -0.4 is 4.57 Å². The van der Waals surface area contributed by atoms with Gasteiger partial charge in [-0.3, -0.25) is 0 Å². The van der Waals surface area contributed by atoms with E-state index in [1.165, 1.54) is 21.9 Å². The van der Waals surface area contributed by atoms with Crippen molar-refractivity contribution in [3.63, 3.8) is 0 Å². The van der Waals surface area contributed by atoms with E-state index in [-0.39, 0.29) is 0 Å². The van der Waals surface area contributed by atoms with E-state index >= 15 is 0 Å². The van der Waals surface area contributed by atoms with Crippen LogP contribution in [0.1, 0.15) is 0 Å². The Morgan fingerprint density at radius 2 is 1.65 bits per heavy atom. The Morgan fingerprint density at radius 1 is 0.824 bits per heavy atom. The lowest BCUT2D eigenvalue weighted by atomic mass is 10.00. The molecule has 0 saturated heterocycles. The second-order valence-corrected chi connectivity index (χ2v) is 4.28. The summed E-state index contributed by atoms with van der Waals surface area (Å²) in [6.45, 7) is 0. The van der Waals surface area contributed by atoms with Crippen molar-refractivity contribution in [2.75, 3.05) is 0 Å². The van der Waals surface area contributed by atoms with Gasteiger partial charge in [0.25, 0.3) is 0 Å². The fourth-order valence-electron chi connectivity index (χ4n) is 2.21. The van der Waals surface area contributed by atoms with Crippen molar-refractivity contribution in [3.05, 3.63) is 67.0 Å². The number of hydrogen-bond acceptors (Lipinski definition) is 0. The first kappa shape index (κ1) is 10.0. The highest BCUT2D eigenvalue weighted by atomic mass is 14.9. The fraction of sp³-hybridized carbons (Fsp3) is 0.0625. The number of pyridine rings is 1. The van der Waals surface area contributed by atoms with Crippen LogP contribution in [0.2, 0.25) is 0 Å². The molecular weight excluding hydrogens is 206 g/mol. The first-order valence-electron chi connectivity index (χ1n) is 5.78. The van der Waals surface area contributed by atoms with Crippen LogP contribution in [0.15, 0.2) is 67.0 Å². The van der Waals surface area contributed by atoms with Crippen LogP contribution in [0.5, 0.6) is 0 Å². The van der Waals surface area contributed by atoms with Gasteiger partial charge in [0.05, 0.1) is 0 Å². The zero-order valence-electron chi connectivity index (χ0n) is 9.80. The number of fused-ring (bicyclic) bond motifs is 1. The van der Waals surface area contributed by atoms with E-state index in [0.717, 1.165) is 0 Å². The van der Waals surface area contributed by atoms with Crippen LogP contribution in [0, 0.1) is 0 Å². The minimum absolute atomic E-state index is 1.27. The Hall–Kier alpha value is -2.15. The molecule has 0 aliphatic heterocycles. The quantitative estimate of drug-likeness (QED) is 0.554. The molecule has 0 saturated carbocycles. The fourth-order valence-corrected chi connectivity index (χ4v) is 2.21. The highest BCUT2D eigenvalue weighted by Gasteiger charge is 2.05. The third-order valence-corrected chi connectivity index (χ3v) is 3.04. The summed E-state index contributed by atoms with van der Waals surface area (Å²) in [5, 5.41) is 2.58. The van der Waals surface area contributed by atoms with E-state index in [4.69, 9.17) is 0 Å². The van der Waals surface area contributed by atoms with Gasteiger partial charge in [0.15, 0.2) is 12.4 Å². The number of rotatable bonds is 1. The lowest BCUT2D eigenvalue weighted by molar-refractivity contribution is -0.670. The molecule has 0 spiro atoms. The van der Waals surface area contributed by atoms with Gasteiger partial charge in [-0.1, -0.05) is 42.5 Å². The second kappa shape index (κ2) is 4.02. The lowest BCUT2D eigenvalue weighted by Crippen LogP contribution is -2.25. The highest BCUT2D eigenvalue weighted by Crippen LogP contribution is 2.27. The van der Waals surface area contributed by atoms with Gasteiger partial charge in [0.2, 0.25) is 0 Å². The average Bonchev–Trinajstić information content (AvgIpc) is 2.39. The van der Waals surface area contributed by atoms with Gasteiger partial charge < -0.3 is 0 Å². The summed E-state index contributed by atoms with van der Waals surface area (Å²) in [4.78, 5) is 0. The number of hydrogen-bond donors (Lipinski definition) is 0. The van der Waals surface area contributed by atoms with E-state index in [1.807, 2.05) is 0 Å². The minimum atomic E-state index is 1.27. The molecule has 3 rings (SSSR count). The summed E-state index contributed by atoms with van der Waals surface area (Å²) in [6.07, 6.45) is 4.25. The molecule has 2 aromatic carbocycles. The average molecular weight is 220 g/mol. The van der Waals surface area contributed by atoms with Crippen molar-refractivity contribution >= 4 is 10.8 Å². The summed E-state index contributed by atoms with van der Waals surface area (Å²) in [6, 6.07) is 19.1. The van der Waals surface area contributed by atoms with Crippen molar-refractivity contribution in [1.29, 1.82) is 0 Å². The normalized spacial score (nSPS) is 10.6. The van der Waals surface area contributed by atoms with E-state index in [0.29, 0.717) is 0 Å². The predicted molar refractivity (Wildman–Crippen MR) is 70.6 cm³/mol. The lowest BCUT2D eigenvalue weighted by Gasteiger charge is -2.05. The number of aromatic nitrogens is 1. The van der Waals surface area contributed by atoms with Crippen molar-refractivity contribution in [2.24, 2.45) is 7.05 Å². The zero-order valence-corrected chi connectivity index (χ0v) is 9.80. The molecule has 1 aromatic heterocycles. The number of aryl methyl sites for hydroxylation is 1. The van der Waals surface area contributed by atoms with Crippen LogP contribution in [-0.2, 0) is 7.05 Å². The molecule has 17 heavy (non-hydrogen) atoms. The zero-order chi connectivity index (χ0) is 11.7. The summed E-state index contributed by atoms with van der Waals surface area (Å²) in [7, 11) is 2.05. The van der Waals surface area contributed by atoms with Crippen molar-refractivity contribution in [1.82, 2.24) is 0 Å². The third kappa shape index (κ3) is 1.80. The van der Waals surface area contributed by atoms with E-state index < -0.39 is 0 Å². The van der Waals surface area contributed by atoms with Gasteiger partial charge in [-0.05, 0) is 17.2 Å². The smallest absolute Gasteiger partial charge is 0.176 e. The number of nitrogens with zero attached hydrogens (tertiary/aromatic N) is 1. The van der Waals surface area contributed by atoms with Crippen molar-refractivity contribution < 1.29 is 4.57 Å². The Morgan fingerprint density at radius 3 is 2.47 bits per heavy atom. The van der Waals surface area contributed by atoms with E-state index in [2.05, 4.69) is 78.6 Å². The molecule has 0 aliphatic rings. The molecule has 1 heterocycles. The first-order valence-corrected chi connectivity index (χ1v) is 5.78. The van der Waals surface area contributed by atoms with E-state index in [9.17, 15) is 0 Å². The summed E-state index contributed by atoms with van der Waals surface area (Å²) in [5.41, 5.74) is 2.57. The minimum Gasteiger partial charge on any atom is -0.207 e. The maximum atomic E-state index is 2.18. The Kier molecular flexibility index (Phi) is 2.37. The largest absolute Gasteiger partial charge is 0.207 e. The topological polar surface area (TPSA) is 3.88 Å². The van der Waals surface area contributed by atoms with Crippen LogP contribution in [-0.4, -0.2) is 0 Å². The van der Waals surface area contributed by atoms with Gasteiger partial charge in [0, 0.05) is 16.8 Å². The maximum absolute atomic E-state index is 2.18. The molecule has 0 unspecified atom stereocenters. The van der Waals surface area contributed by atoms with Crippen LogP contribution >= 0.6 is 0 Å². The summed E-state index contributed by atoms with van der Waals surface area (Å²) in [5.74, 6) is 0. The molecule has 0 fully saturated rings. The Labute approximate surface area is 101 Å². The van der Waals surface area contributed by atoms with Crippen LogP contribution in [0.3, 0.4) is 0 Å². The molecular formula is C16H14N+. The van der Waals surface area contributed by atoms with Gasteiger partial charge in [-0.15, -0.1) is 0 Å². The van der Waals surface area contributed by atoms with Crippen molar-refractivity contribution in [3.8, 4) is 11.1 Å². The van der Waals surface area contributed by atoms with Gasteiger partial charge in [-0.2, -0.15) is 0 Å². The Balaban J connectivity index is 2.31. The van der Waals surface area contributed by atoms with Gasteiger partial charge in [0.1, 0.15) is 7.05 Å². The van der Waals surface area contributed by atoms with Gasteiger partial charge >= 0.3 is 0 Å². The standard InChI is InChI=1S/C16H14N/c1-17-11-10-16-14(12-17)8-5-9-15(16)13-6-3-2-4-7-13/h2-12H,1H3/q+1. The molecule has 0 amide bonds.